The molecule has 0 atom stereocenters. The minimum Gasteiger partial charge on any atom is -0.340 e. The lowest BCUT2D eigenvalue weighted by Crippen LogP contribution is -2.20. The highest BCUT2D eigenvalue weighted by atomic mass is 19.1. The number of aromatic nitrogens is 1. The Morgan fingerprint density at radius 2 is 1.90 bits per heavy atom. The van der Waals surface area contributed by atoms with Crippen molar-refractivity contribution in [3.8, 4) is 0 Å². The van der Waals surface area contributed by atoms with Gasteiger partial charge in [0, 0.05) is 25.0 Å². The van der Waals surface area contributed by atoms with E-state index < -0.39 is 0 Å². The van der Waals surface area contributed by atoms with Gasteiger partial charge >= 0.3 is 0 Å². The number of anilines is 2. The van der Waals surface area contributed by atoms with Crippen LogP contribution >= 0.6 is 0 Å². The van der Waals surface area contributed by atoms with Crippen LogP contribution in [0.3, 0.4) is 0 Å². The van der Waals surface area contributed by atoms with E-state index in [0.717, 1.165) is 31.0 Å². The Hall–Kier alpha value is -1.94. The Balaban J connectivity index is 2.33. The van der Waals surface area contributed by atoms with Crippen LogP contribution in [0.5, 0.6) is 0 Å². The Bertz CT molecular complexity index is 540. The molecule has 1 aromatic heterocycles. The van der Waals surface area contributed by atoms with Crippen LogP contribution in [-0.4, -0.2) is 18.1 Å². The van der Waals surface area contributed by atoms with Gasteiger partial charge in [-0.15, -0.1) is 0 Å². The highest BCUT2D eigenvalue weighted by Crippen LogP contribution is 2.27. The van der Waals surface area contributed by atoms with Crippen LogP contribution in [0.25, 0.3) is 0 Å². The zero-order chi connectivity index (χ0) is 14.4. The third-order valence-electron chi connectivity index (χ3n) is 3.20. The van der Waals surface area contributed by atoms with Gasteiger partial charge in [0.15, 0.2) is 0 Å². The largest absolute Gasteiger partial charge is 0.340 e. The molecule has 0 aliphatic rings. The number of halogens is 1. The SMILES string of the molecule is CCNCc1ccncc1N(CC)c1ccc(F)cc1. The number of hydrogen-bond donors (Lipinski definition) is 1. The van der Waals surface area contributed by atoms with Crippen LogP contribution in [0, 0.1) is 5.82 Å². The van der Waals surface area contributed by atoms with Crippen LogP contribution in [-0.2, 0) is 6.54 Å². The summed E-state index contributed by atoms with van der Waals surface area (Å²) < 4.78 is 13.1. The van der Waals surface area contributed by atoms with E-state index in [9.17, 15) is 4.39 Å². The summed E-state index contributed by atoms with van der Waals surface area (Å²) >= 11 is 0. The molecule has 0 fully saturated rings. The van der Waals surface area contributed by atoms with Crippen LogP contribution in [0.15, 0.2) is 42.7 Å². The number of benzene rings is 1. The predicted molar refractivity (Wildman–Crippen MR) is 80.7 cm³/mol. The minimum atomic E-state index is -0.219. The van der Waals surface area contributed by atoms with E-state index in [1.807, 2.05) is 12.3 Å². The van der Waals surface area contributed by atoms with E-state index in [1.54, 1.807) is 18.3 Å². The van der Waals surface area contributed by atoms with Crippen molar-refractivity contribution in [2.45, 2.75) is 20.4 Å². The quantitative estimate of drug-likeness (QED) is 0.873. The molecule has 1 heterocycles. The van der Waals surface area contributed by atoms with Gasteiger partial charge in [-0.3, -0.25) is 4.98 Å². The van der Waals surface area contributed by atoms with E-state index in [0.29, 0.717) is 0 Å². The Morgan fingerprint density at radius 1 is 1.15 bits per heavy atom. The molecule has 3 nitrogen and oxygen atoms in total. The summed E-state index contributed by atoms with van der Waals surface area (Å²) in [5.74, 6) is -0.219. The highest BCUT2D eigenvalue weighted by Gasteiger charge is 2.11. The van der Waals surface area contributed by atoms with Crippen LogP contribution < -0.4 is 10.2 Å². The van der Waals surface area contributed by atoms with Gasteiger partial charge in [-0.25, -0.2) is 4.39 Å². The minimum absolute atomic E-state index is 0.219. The third kappa shape index (κ3) is 3.33. The highest BCUT2D eigenvalue weighted by molar-refractivity contribution is 5.65. The lowest BCUT2D eigenvalue weighted by Gasteiger charge is -2.25. The summed E-state index contributed by atoms with van der Waals surface area (Å²) in [4.78, 5) is 6.36. The van der Waals surface area contributed by atoms with Gasteiger partial charge in [0.25, 0.3) is 0 Å². The molecule has 2 rings (SSSR count). The first kappa shape index (κ1) is 14.5. The second kappa shape index (κ2) is 7.01. The predicted octanol–water partition coefficient (Wildman–Crippen LogP) is 3.49. The van der Waals surface area contributed by atoms with E-state index in [4.69, 9.17) is 0 Å². The zero-order valence-electron chi connectivity index (χ0n) is 11.9. The van der Waals surface area contributed by atoms with Crippen molar-refractivity contribution < 1.29 is 4.39 Å². The maximum absolute atomic E-state index is 13.1. The van der Waals surface area contributed by atoms with Crippen molar-refractivity contribution >= 4 is 11.4 Å². The Labute approximate surface area is 119 Å². The van der Waals surface area contributed by atoms with Gasteiger partial charge < -0.3 is 10.2 Å². The molecule has 1 aromatic carbocycles. The molecule has 0 unspecified atom stereocenters. The topological polar surface area (TPSA) is 28.2 Å². The molecule has 0 aliphatic carbocycles. The van der Waals surface area contributed by atoms with Gasteiger partial charge in [0.2, 0.25) is 0 Å². The van der Waals surface area contributed by atoms with Gasteiger partial charge in [0.1, 0.15) is 5.82 Å². The second-order valence-electron chi connectivity index (χ2n) is 4.51. The van der Waals surface area contributed by atoms with Crippen LogP contribution in [0.4, 0.5) is 15.8 Å². The Morgan fingerprint density at radius 3 is 2.55 bits per heavy atom. The number of nitrogens with one attached hydrogen (secondary N) is 1. The fourth-order valence-corrected chi connectivity index (χ4v) is 2.18. The average molecular weight is 273 g/mol. The summed E-state index contributed by atoms with van der Waals surface area (Å²) in [6, 6.07) is 8.58. The Kier molecular flexibility index (Phi) is 5.07. The molecule has 20 heavy (non-hydrogen) atoms. The first-order valence-corrected chi connectivity index (χ1v) is 6.93. The number of rotatable bonds is 6. The number of nitrogens with zero attached hydrogens (tertiary/aromatic N) is 2. The summed E-state index contributed by atoms with van der Waals surface area (Å²) in [5, 5.41) is 3.33. The second-order valence-corrected chi connectivity index (χ2v) is 4.51. The van der Waals surface area contributed by atoms with E-state index in [1.165, 1.54) is 17.7 Å². The van der Waals surface area contributed by atoms with Crippen LogP contribution in [0.2, 0.25) is 0 Å². The lowest BCUT2D eigenvalue weighted by atomic mass is 10.1. The third-order valence-corrected chi connectivity index (χ3v) is 3.20. The van der Waals surface area contributed by atoms with Gasteiger partial charge in [-0.05, 0) is 49.4 Å². The molecule has 0 radical (unpaired) electrons. The molecule has 0 bridgehead atoms. The van der Waals surface area contributed by atoms with Crippen molar-refractivity contribution in [3.63, 3.8) is 0 Å². The number of pyridine rings is 1. The molecule has 1 N–H and O–H groups in total. The lowest BCUT2D eigenvalue weighted by molar-refractivity contribution is 0.628. The molecule has 106 valence electrons. The fourth-order valence-electron chi connectivity index (χ4n) is 2.18. The average Bonchev–Trinajstić information content (AvgIpc) is 2.49. The molecule has 0 spiro atoms. The molecule has 0 saturated heterocycles. The monoisotopic (exact) mass is 273 g/mol. The molecular weight excluding hydrogens is 253 g/mol. The fraction of sp³-hybridized carbons (Fsp3) is 0.312. The van der Waals surface area contributed by atoms with Gasteiger partial charge in [0.05, 0.1) is 11.9 Å². The van der Waals surface area contributed by atoms with Gasteiger partial charge in [-0.1, -0.05) is 6.92 Å². The normalized spacial score (nSPS) is 10.6. The van der Waals surface area contributed by atoms with Gasteiger partial charge in [-0.2, -0.15) is 0 Å². The van der Waals surface area contributed by atoms with Crippen molar-refractivity contribution in [1.82, 2.24) is 10.3 Å². The standard InChI is InChI=1S/C16H20FN3/c1-3-18-11-13-9-10-19-12-16(13)20(4-2)15-7-5-14(17)6-8-15/h5-10,12,18H,3-4,11H2,1-2H3. The summed E-state index contributed by atoms with van der Waals surface area (Å²) in [5.41, 5.74) is 3.22. The smallest absolute Gasteiger partial charge is 0.123 e. The van der Waals surface area contributed by atoms with E-state index >= 15 is 0 Å². The number of hydrogen-bond acceptors (Lipinski definition) is 3. The first-order valence-electron chi connectivity index (χ1n) is 6.93. The van der Waals surface area contributed by atoms with Crippen molar-refractivity contribution in [3.05, 3.63) is 54.1 Å². The molecule has 2 aromatic rings. The molecule has 4 heteroatoms. The maximum Gasteiger partial charge on any atom is 0.123 e. The summed E-state index contributed by atoms with van der Waals surface area (Å²) in [6.45, 7) is 6.68. The van der Waals surface area contributed by atoms with Crippen molar-refractivity contribution in [1.29, 1.82) is 0 Å². The van der Waals surface area contributed by atoms with E-state index in [2.05, 4.69) is 29.0 Å². The van der Waals surface area contributed by atoms with Crippen molar-refractivity contribution in [2.24, 2.45) is 0 Å². The van der Waals surface area contributed by atoms with Crippen LogP contribution in [0.1, 0.15) is 19.4 Å². The summed E-state index contributed by atoms with van der Waals surface area (Å²) in [6.07, 6.45) is 3.66. The maximum atomic E-state index is 13.1. The molecular formula is C16H20FN3. The zero-order valence-corrected chi connectivity index (χ0v) is 11.9. The van der Waals surface area contributed by atoms with E-state index in [-0.39, 0.29) is 5.82 Å². The molecule has 0 amide bonds. The first-order chi connectivity index (χ1) is 9.76. The molecule has 0 aliphatic heterocycles. The molecule has 0 saturated carbocycles. The summed E-state index contributed by atoms with van der Waals surface area (Å²) in [7, 11) is 0. The van der Waals surface area contributed by atoms with Crippen molar-refractivity contribution in [2.75, 3.05) is 18.0 Å².